The summed E-state index contributed by atoms with van der Waals surface area (Å²) in [5.74, 6) is -0.396. The maximum absolute atomic E-state index is 11.3. The van der Waals surface area contributed by atoms with Crippen molar-refractivity contribution in [1.29, 1.82) is 0 Å². The number of hydrogen-bond acceptors (Lipinski definition) is 4. The lowest BCUT2D eigenvalue weighted by Crippen LogP contribution is -2.54. The van der Waals surface area contributed by atoms with Crippen LogP contribution in [0.4, 0.5) is 0 Å². The summed E-state index contributed by atoms with van der Waals surface area (Å²) in [4.78, 5) is 11.3. The zero-order valence-electron chi connectivity index (χ0n) is 13.7. The van der Waals surface area contributed by atoms with Gasteiger partial charge in [-0.15, -0.1) is 0 Å². The highest BCUT2D eigenvalue weighted by molar-refractivity contribution is 6.81. The van der Waals surface area contributed by atoms with Gasteiger partial charge in [-0.2, -0.15) is 0 Å². The monoisotopic (exact) mass is 322 g/mol. The minimum absolute atomic E-state index is 0.193. The molecule has 22 heavy (non-hydrogen) atoms. The predicted molar refractivity (Wildman–Crippen MR) is 90.3 cm³/mol. The molecule has 122 valence electrons. The molecule has 4 nitrogen and oxygen atoms in total. The first kappa shape index (κ1) is 18.6. The smallest absolute Gasteiger partial charge is 0.372 e. The third-order valence-corrected chi connectivity index (χ3v) is 7.00. The van der Waals surface area contributed by atoms with Crippen LogP contribution in [0.5, 0.6) is 0 Å². The SMILES string of the molecule is C=CC(=O)OC(C)CC[Si](OCC)(OCC)c1ccccc1. The van der Waals surface area contributed by atoms with Gasteiger partial charge in [0.05, 0.1) is 6.10 Å². The van der Waals surface area contributed by atoms with E-state index in [-0.39, 0.29) is 6.10 Å². The third kappa shape index (κ3) is 5.40. The van der Waals surface area contributed by atoms with E-state index >= 15 is 0 Å². The van der Waals surface area contributed by atoms with Crippen LogP contribution in [0.3, 0.4) is 0 Å². The minimum atomic E-state index is -2.51. The van der Waals surface area contributed by atoms with Crippen LogP contribution in [0.25, 0.3) is 0 Å². The largest absolute Gasteiger partial charge is 0.460 e. The lowest BCUT2D eigenvalue weighted by molar-refractivity contribution is -0.142. The molecule has 1 rings (SSSR count). The Bertz CT molecular complexity index is 455. The van der Waals surface area contributed by atoms with Gasteiger partial charge in [0, 0.05) is 19.3 Å². The standard InChI is InChI=1S/C17H26O4Si/c1-5-17(18)21-15(4)13-14-22(19-6-2,20-7-3)16-11-9-8-10-12-16/h5,8-12,15H,1,6-7,13-14H2,2-4H3. The molecular weight excluding hydrogens is 296 g/mol. The molecule has 0 N–H and O–H groups in total. The Hall–Kier alpha value is -1.43. The van der Waals surface area contributed by atoms with Crippen LogP contribution < -0.4 is 5.19 Å². The van der Waals surface area contributed by atoms with Gasteiger partial charge in [0.1, 0.15) is 0 Å². The second kappa shape index (κ2) is 9.56. The van der Waals surface area contributed by atoms with Crippen molar-refractivity contribution in [3.63, 3.8) is 0 Å². The van der Waals surface area contributed by atoms with E-state index in [1.807, 2.05) is 39.0 Å². The Labute approximate surface area is 134 Å². The number of esters is 1. The summed E-state index contributed by atoms with van der Waals surface area (Å²) in [5.41, 5.74) is 0. The molecule has 0 aliphatic heterocycles. The van der Waals surface area contributed by atoms with E-state index in [4.69, 9.17) is 13.6 Å². The number of carbonyl (C=O) groups excluding carboxylic acids is 1. The van der Waals surface area contributed by atoms with Crippen LogP contribution in [-0.4, -0.2) is 33.8 Å². The average molecular weight is 322 g/mol. The summed E-state index contributed by atoms with van der Waals surface area (Å²) in [7, 11) is -2.51. The highest BCUT2D eigenvalue weighted by Gasteiger charge is 2.39. The first-order chi connectivity index (χ1) is 10.6. The first-order valence-electron chi connectivity index (χ1n) is 7.74. The molecule has 0 aliphatic rings. The summed E-state index contributed by atoms with van der Waals surface area (Å²) in [5, 5.41) is 1.11. The number of carbonyl (C=O) groups is 1. The van der Waals surface area contributed by atoms with E-state index in [1.165, 1.54) is 6.08 Å². The quantitative estimate of drug-likeness (QED) is 0.377. The Morgan fingerprint density at radius 1 is 1.23 bits per heavy atom. The molecule has 0 aromatic heterocycles. The topological polar surface area (TPSA) is 44.8 Å². The van der Waals surface area contributed by atoms with E-state index in [0.717, 1.165) is 11.2 Å². The summed E-state index contributed by atoms with van der Waals surface area (Å²) in [6.45, 7) is 10.4. The van der Waals surface area contributed by atoms with E-state index in [2.05, 4.69) is 18.7 Å². The average Bonchev–Trinajstić information content (AvgIpc) is 2.53. The van der Waals surface area contributed by atoms with Gasteiger partial charge in [-0.1, -0.05) is 36.9 Å². The lowest BCUT2D eigenvalue weighted by Gasteiger charge is -2.31. The highest BCUT2D eigenvalue weighted by atomic mass is 28.4. The summed E-state index contributed by atoms with van der Waals surface area (Å²) < 4.78 is 17.4. The fraction of sp³-hybridized carbons (Fsp3) is 0.471. The molecule has 1 unspecified atom stereocenters. The van der Waals surface area contributed by atoms with Gasteiger partial charge in [-0.05, 0) is 38.4 Å². The van der Waals surface area contributed by atoms with Crippen molar-refractivity contribution >= 4 is 19.7 Å². The lowest BCUT2D eigenvalue weighted by atomic mass is 10.3. The minimum Gasteiger partial charge on any atom is -0.460 e. The summed E-state index contributed by atoms with van der Waals surface area (Å²) >= 11 is 0. The van der Waals surface area contributed by atoms with Crippen molar-refractivity contribution in [2.24, 2.45) is 0 Å². The normalized spacial score (nSPS) is 12.7. The maximum Gasteiger partial charge on any atom is 0.372 e. The van der Waals surface area contributed by atoms with Crippen molar-refractivity contribution in [2.45, 2.75) is 39.3 Å². The second-order valence-corrected chi connectivity index (χ2v) is 8.14. The number of hydrogen-bond donors (Lipinski definition) is 0. The maximum atomic E-state index is 11.3. The zero-order chi connectivity index (χ0) is 16.4. The van der Waals surface area contributed by atoms with Crippen LogP contribution in [-0.2, 0) is 18.4 Å². The van der Waals surface area contributed by atoms with Crippen molar-refractivity contribution in [2.75, 3.05) is 13.2 Å². The van der Waals surface area contributed by atoms with E-state index in [0.29, 0.717) is 19.6 Å². The number of benzene rings is 1. The Morgan fingerprint density at radius 3 is 2.32 bits per heavy atom. The van der Waals surface area contributed by atoms with E-state index in [9.17, 15) is 4.79 Å². The molecule has 1 aromatic carbocycles. The molecule has 5 heteroatoms. The first-order valence-corrected chi connectivity index (χ1v) is 9.76. The molecule has 0 aliphatic carbocycles. The number of rotatable bonds is 10. The molecule has 1 atom stereocenters. The molecule has 0 bridgehead atoms. The summed E-state index contributed by atoms with van der Waals surface area (Å²) in [6, 6.07) is 10.8. The fourth-order valence-corrected chi connectivity index (χ4v) is 5.77. The zero-order valence-corrected chi connectivity index (χ0v) is 14.7. The molecule has 0 spiro atoms. The molecule has 1 aromatic rings. The van der Waals surface area contributed by atoms with Crippen LogP contribution in [0.1, 0.15) is 27.2 Å². The van der Waals surface area contributed by atoms with Crippen LogP contribution in [0.15, 0.2) is 43.0 Å². The second-order valence-electron chi connectivity index (χ2n) is 4.98. The predicted octanol–water partition coefficient (Wildman–Crippen LogP) is 2.92. The molecule has 0 heterocycles. The molecule has 0 saturated heterocycles. The van der Waals surface area contributed by atoms with E-state index < -0.39 is 14.5 Å². The highest BCUT2D eigenvalue weighted by Crippen LogP contribution is 2.19. The molecule has 0 fully saturated rings. The van der Waals surface area contributed by atoms with Crippen LogP contribution in [0.2, 0.25) is 6.04 Å². The van der Waals surface area contributed by atoms with Gasteiger partial charge in [0.2, 0.25) is 0 Å². The Kier molecular flexibility index (Phi) is 8.09. The third-order valence-electron chi connectivity index (χ3n) is 3.33. The molecular formula is C17H26O4Si. The Morgan fingerprint density at radius 2 is 1.82 bits per heavy atom. The van der Waals surface area contributed by atoms with Gasteiger partial charge >= 0.3 is 14.5 Å². The van der Waals surface area contributed by atoms with Crippen molar-refractivity contribution in [3.05, 3.63) is 43.0 Å². The van der Waals surface area contributed by atoms with Gasteiger partial charge in [0.15, 0.2) is 0 Å². The van der Waals surface area contributed by atoms with Crippen molar-refractivity contribution in [3.8, 4) is 0 Å². The van der Waals surface area contributed by atoms with Gasteiger partial charge in [0.25, 0.3) is 0 Å². The van der Waals surface area contributed by atoms with Crippen molar-refractivity contribution < 1.29 is 18.4 Å². The van der Waals surface area contributed by atoms with Gasteiger partial charge in [-0.3, -0.25) is 0 Å². The molecule has 0 saturated carbocycles. The summed E-state index contributed by atoms with van der Waals surface area (Å²) in [6.07, 6.45) is 1.69. The van der Waals surface area contributed by atoms with E-state index in [1.54, 1.807) is 0 Å². The van der Waals surface area contributed by atoms with Gasteiger partial charge in [-0.25, -0.2) is 4.79 Å². The van der Waals surface area contributed by atoms with Crippen LogP contribution >= 0.6 is 0 Å². The molecule has 0 amide bonds. The molecule has 0 radical (unpaired) electrons. The van der Waals surface area contributed by atoms with Crippen molar-refractivity contribution in [1.82, 2.24) is 0 Å². The fourth-order valence-electron chi connectivity index (χ4n) is 2.35. The Balaban J connectivity index is 2.86. The van der Waals surface area contributed by atoms with Crippen LogP contribution in [0, 0.1) is 0 Å². The number of ether oxygens (including phenoxy) is 1. The van der Waals surface area contributed by atoms with Gasteiger partial charge < -0.3 is 13.6 Å².